The Morgan fingerprint density at radius 2 is 2.12 bits per heavy atom. The van der Waals surface area contributed by atoms with E-state index in [1.165, 1.54) is 11.0 Å². The highest BCUT2D eigenvalue weighted by molar-refractivity contribution is 6.26. The van der Waals surface area contributed by atoms with E-state index >= 15 is 0 Å². The van der Waals surface area contributed by atoms with E-state index in [2.05, 4.69) is 0 Å². The lowest BCUT2D eigenvalue weighted by atomic mass is 10.1. The Kier molecular flexibility index (Phi) is 2.95. The first-order valence-corrected chi connectivity index (χ1v) is 5.48. The minimum absolute atomic E-state index is 0.0412. The minimum Gasteiger partial charge on any atom is -0.506 e. The molecular weight excluding hydrogens is 218 g/mol. The number of benzene rings is 1. The smallest absolute Gasteiger partial charge is 0.262 e. The molecule has 1 heterocycles. The van der Waals surface area contributed by atoms with E-state index in [1.807, 2.05) is 0 Å². The van der Waals surface area contributed by atoms with Gasteiger partial charge in [0.15, 0.2) is 5.78 Å². The molecule has 0 fully saturated rings. The molecule has 0 unspecified atom stereocenters. The van der Waals surface area contributed by atoms with Gasteiger partial charge in [-0.15, -0.1) is 0 Å². The van der Waals surface area contributed by atoms with Gasteiger partial charge in [0.2, 0.25) is 0 Å². The molecule has 1 aromatic rings. The highest BCUT2D eigenvalue weighted by Gasteiger charge is 2.29. The summed E-state index contributed by atoms with van der Waals surface area (Å²) in [4.78, 5) is 24.9. The number of aromatic hydroxyl groups is 1. The van der Waals surface area contributed by atoms with Crippen LogP contribution < -0.4 is 4.90 Å². The van der Waals surface area contributed by atoms with Crippen LogP contribution in [-0.4, -0.2) is 23.3 Å². The third kappa shape index (κ3) is 1.93. The fourth-order valence-corrected chi connectivity index (χ4v) is 1.82. The standard InChI is InChI=1S/C13H13NO3/c1-2-11(15)9-7-8-14(13(9)17)10-5-3-4-6-12(10)16/h3-7,16H,2,8H2,1H3. The summed E-state index contributed by atoms with van der Waals surface area (Å²) < 4.78 is 0. The molecule has 0 aliphatic carbocycles. The van der Waals surface area contributed by atoms with Gasteiger partial charge in [-0.25, -0.2) is 0 Å². The van der Waals surface area contributed by atoms with Gasteiger partial charge in [-0.3, -0.25) is 9.59 Å². The van der Waals surface area contributed by atoms with Crippen LogP contribution in [0.1, 0.15) is 13.3 Å². The summed E-state index contributed by atoms with van der Waals surface area (Å²) in [6.07, 6.45) is 1.92. The molecule has 1 aliphatic rings. The van der Waals surface area contributed by atoms with Gasteiger partial charge in [0, 0.05) is 13.0 Å². The van der Waals surface area contributed by atoms with Crippen molar-refractivity contribution >= 4 is 17.4 Å². The second kappa shape index (κ2) is 4.41. The maximum absolute atomic E-state index is 12.0. The van der Waals surface area contributed by atoms with E-state index in [1.54, 1.807) is 31.2 Å². The van der Waals surface area contributed by atoms with Crippen LogP contribution in [0.25, 0.3) is 0 Å². The molecule has 0 radical (unpaired) electrons. The topological polar surface area (TPSA) is 57.6 Å². The van der Waals surface area contributed by atoms with Crippen molar-refractivity contribution in [3.05, 3.63) is 35.9 Å². The zero-order valence-corrected chi connectivity index (χ0v) is 9.51. The van der Waals surface area contributed by atoms with Gasteiger partial charge in [0.25, 0.3) is 5.91 Å². The van der Waals surface area contributed by atoms with Crippen LogP contribution >= 0.6 is 0 Å². The Hall–Kier alpha value is -2.10. The van der Waals surface area contributed by atoms with Crippen LogP contribution in [-0.2, 0) is 9.59 Å². The number of carbonyl (C=O) groups is 2. The average Bonchev–Trinajstić information content (AvgIpc) is 2.71. The summed E-state index contributed by atoms with van der Waals surface area (Å²) in [5.41, 5.74) is 0.656. The fraction of sp³-hybridized carbons (Fsp3) is 0.231. The number of Topliss-reactive ketones (excluding diaryl/α,β-unsaturated/α-hetero) is 1. The molecule has 88 valence electrons. The summed E-state index contributed by atoms with van der Waals surface area (Å²) in [7, 11) is 0. The summed E-state index contributed by atoms with van der Waals surface area (Å²) in [6, 6.07) is 6.59. The molecule has 17 heavy (non-hydrogen) atoms. The number of para-hydroxylation sites is 2. The van der Waals surface area contributed by atoms with E-state index in [0.29, 0.717) is 18.7 Å². The lowest BCUT2D eigenvalue weighted by molar-refractivity contribution is -0.120. The number of phenolic OH excluding ortho intramolecular Hbond substituents is 1. The number of carbonyl (C=O) groups excluding carboxylic acids is 2. The SMILES string of the molecule is CCC(=O)C1=CCN(c2ccccc2O)C1=O. The molecule has 4 nitrogen and oxygen atoms in total. The minimum atomic E-state index is -0.335. The van der Waals surface area contributed by atoms with Crippen LogP contribution in [0, 0.1) is 0 Å². The first-order valence-electron chi connectivity index (χ1n) is 5.48. The summed E-state index contributed by atoms with van der Waals surface area (Å²) in [5.74, 6) is -0.453. The van der Waals surface area contributed by atoms with Gasteiger partial charge in [-0.2, -0.15) is 0 Å². The van der Waals surface area contributed by atoms with Gasteiger partial charge in [-0.1, -0.05) is 19.1 Å². The largest absolute Gasteiger partial charge is 0.506 e. The number of rotatable bonds is 3. The Balaban J connectivity index is 2.27. The highest BCUT2D eigenvalue weighted by atomic mass is 16.3. The van der Waals surface area contributed by atoms with E-state index < -0.39 is 0 Å². The molecule has 0 aromatic heterocycles. The normalized spacial score (nSPS) is 15.0. The Morgan fingerprint density at radius 3 is 2.76 bits per heavy atom. The molecule has 1 aliphatic heterocycles. The molecule has 1 amide bonds. The van der Waals surface area contributed by atoms with Gasteiger partial charge >= 0.3 is 0 Å². The van der Waals surface area contributed by atoms with Crippen LogP contribution in [0.3, 0.4) is 0 Å². The molecule has 1 aromatic carbocycles. The summed E-state index contributed by atoms with van der Waals surface area (Å²) in [6.45, 7) is 2.05. The quantitative estimate of drug-likeness (QED) is 0.804. The van der Waals surface area contributed by atoms with Crippen LogP contribution in [0.4, 0.5) is 5.69 Å². The number of phenols is 1. The van der Waals surface area contributed by atoms with Gasteiger partial charge < -0.3 is 10.0 Å². The first-order chi connectivity index (χ1) is 8.15. The number of anilines is 1. The summed E-state index contributed by atoms with van der Waals surface area (Å²) in [5, 5.41) is 9.67. The molecule has 0 atom stereocenters. The Labute approximate surface area is 99.2 Å². The Bertz CT molecular complexity index is 505. The molecule has 0 saturated carbocycles. The fourth-order valence-electron chi connectivity index (χ4n) is 1.82. The second-order valence-corrected chi connectivity index (χ2v) is 3.80. The molecule has 0 bridgehead atoms. The number of nitrogens with zero attached hydrogens (tertiary/aromatic N) is 1. The third-order valence-corrected chi connectivity index (χ3v) is 2.75. The molecule has 0 spiro atoms. The van der Waals surface area contributed by atoms with Crippen molar-refractivity contribution in [2.24, 2.45) is 0 Å². The Morgan fingerprint density at radius 1 is 1.41 bits per heavy atom. The molecule has 2 rings (SSSR count). The van der Waals surface area contributed by atoms with Crippen molar-refractivity contribution in [3.8, 4) is 5.75 Å². The van der Waals surface area contributed by atoms with E-state index in [-0.39, 0.29) is 23.0 Å². The highest BCUT2D eigenvalue weighted by Crippen LogP contribution is 2.30. The average molecular weight is 231 g/mol. The van der Waals surface area contributed by atoms with Crippen molar-refractivity contribution in [1.29, 1.82) is 0 Å². The van der Waals surface area contributed by atoms with Crippen LogP contribution in [0.15, 0.2) is 35.9 Å². The van der Waals surface area contributed by atoms with E-state index in [9.17, 15) is 14.7 Å². The number of ketones is 1. The van der Waals surface area contributed by atoms with Gasteiger partial charge in [-0.05, 0) is 18.2 Å². The van der Waals surface area contributed by atoms with Crippen molar-refractivity contribution in [2.45, 2.75) is 13.3 Å². The zero-order chi connectivity index (χ0) is 12.4. The van der Waals surface area contributed by atoms with E-state index in [0.717, 1.165) is 0 Å². The maximum atomic E-state index is 12.0. The predicted octanol–water partition coefficient (Wildman–Crippen LogP) is 1.64. The monoisotopic (exact) mass is 231 g/mol. The van der Waals surface area contributed by atoms with Crippen LogP contribution in [0.2, 0.25) is 0 Å². The zero-order valence-electron chi connectivity index (χ0n) is 9.51. The molecule has 1 N–H and O–H groups in total. The molecule has 4 heteroatoms. The number of hydrogen-bond acceptors (Lipinski definition) is 3. The van der Waals surface area contributed by atoms with Crippen molar-refractivity contribution < 1.29 is 14.7 Å². The lowest BCUT2D eigenvalue weighted by Gasteiger charge is -2.17. The molecular formula is C13H13NO3. The second-order valence-electron chi connectivity index (χ2n) is 3.80. The first kappa shape index (κ1) is 11.4. The van der Waals surface area contributed by atoms with Crippen molar-refractivity contribution in [3.63, 3.8) is 0 Å². The van der Waals surface area contributed by atoms with Crippen molar-refractivity contribution in [2.75, 3.05) is 11.4 Å². The third-order valence-electron chi connectivity index (χ3n) is 2.75. The molecule has 0 saturated heterocycles. The van der Waals surface area contributed by atoms with Crippen LogP contribution in [0.5, 0.6) is 5.75 Å². The maximum Gasteiger partial charge on any atom is 0.262 e. The lowest BCUT2D eigenvalue weighted by Crippen LogP contribution is -2.28. The van der Waals surface area contributed by atoms with Gasteiger partial charge in [0.1, 0.15) is 5.75 Å². The number of hydrogen-bond donors (Lipinski definition) is 1. The van der Waals surface area contributed by atoms with E-state index in [4.69, 9.17) is 0 Å². The summed E-state index contributed by atoms with van der Waals surface area (Å²) >= 11 is 0. The number of amides is 1. The van der Waals surface area contributed by atoms with Crippen molar-refractivity contribution in [1.82, 2.24) is 0 Å². The predicted molar refractivity (Wildman–Crippen MR) is 63.8 cm³/mol. The van der Waals surface area contributed by atoms with Gasteiger partial charge in [0.05, 0.1) is 11.3 Å².